The summed E-state index contributed by atoms with van der Waals surface area (Å²) in [5.41, 5.74) is 1.31. The second-order valence-electron chi connectivity index (χ2n) is 5.04. The van der Waals surface area contributed by atoms with Crippen molar-refractivity contribution >= 4 is 39.2 Å². The van der Waals surface area contributed by atoms with Crippen LogP contribution in [-0.4, -0.2) is 28.2 Å². The first-order valence-electron chi connectivity index (χ1n) is 7.19. The van der Waals surface area contributed by atoms with Gasteiger partial charge in [0.05, 0.1) is 5.39 Å². The molecule has 0 fully saturated rings. The minimum absolute atomic E-state index is 0.0882. The van der Waals surface area contributed by atoms with Gasteiger partial charge in [-0.25, -0.2) is 9.37 Å². The summed E-state index contributed by atoms with van der Waals surface area (Å²) in [7, 11) is 0. The number of aromatic amines is 1. The Balaban J connectivity index is 1.87. The molecule has 0 aliphatic heterocycles. The van der Waals surface area contributed by atoms with Crippen molar-refractivity contribution in [3.8, 4) is 11.1 Å². The number of carbonyl (C=O) groups excluding carboxylic acids is 1. The second-order valence-corrected chi connectivity index (χ2v) is 6.98. The Morgan fingerprint density at radius 3 is 2.83 bits per heavy atom. The average Bonchev–Trinajstić information content (AvgIpc) is 2.97. The molecule has 2 heterocycles. The van der Waals surface area contributed by atoms with Crippen LogP contribution in [0.4, 0.5) is 4.39 Å². The van der Waals surface area contributed by atoms with E-state index in [9.17, 15) is 14.0 Å². The number of aromatic nitrogens is 2. The highest BCUT2D eigenvalue weighted by atomic mass is 32.2. The van der Waals surface area contributed by atoms with Gasteiger partial charge in [0.1, 0.15) is 10.6 Å². The molecule has 0 saturated carbocycles. The summed E-state index contributed by atoms with van der Waals surface area (Å²) < 4.78 is 13.1. The number of H-pyrrole nitrogens is 1. The van der Waals surface area contributed by atoms with Gasteiger partial charge < -0.3 is 10.3 Å². The predicted octanol–water partition coefficient (Wildman–Crippen LogP) is 3.02. The van der Waals surface area contributed by atoms with Gasteiger partial charge in [-0.3, -0.25) is 9.59 Å². The molecule has 0 aliphatic rings. The van der Waals surface area contributed by atoms with Gasteiger partial charge in [0.2, 0.25) is 5.91 Å². The molecule has 0 bridgehead atoms. The van der Waals surface area contributed by atoms with Crippen LogP contribution in [0.3, 0.4) is 0 Å². The first-order chi connectivity index (χ1) is 11.5. The van der Waals surface area contributed by atoms with Crippen molar-refractivity contribution in [1.82, 2.24) is 15.3 Å². The third kappa shape index (κ3) is 3.65. The van der Waals surface area contributed by atoms with E-state index >= 15 is 0 Å². The fourth-order valence-corrected chi connectivity index (χ4v) is 3.94. The number of amides is 1. The molecule has 124 valence electrons. The number of hydrogen-bond acceptors (Lipinski definition) is 5. The zero-order chi connectivity index (χ0) is 17.1. The van der Waals surface area contributed by atoms with E-state index in [1.54, 1.807) is 12.1 Å². The highest BCUT2D eigenvalue weighted by molar-refractivity contribution is 7.99. The van der Waals surface area contributed by atoms with Crippen molar-refractivity contribution in [1.29, 1.82) is 0 Å². The number of hydrogen-bond donors (Lipinski definition) is 2. The Bertz CT molecular complexity index is 935. The zero-order valence-electron chi connectivity index (χ0n) is 12.8. The molecule has 0 radical (unpaired) electrons. The maximum absolute atomic E-state index is 13.1. The summed E-state index contributed by atoms with van der Waals surface area (Å²) in [6, 6.07) is 6.03. The maximum atomic E-state index is 13.1. The van der Waals surface area contributed by atoms with Gasteiger partial charge in [-0.05, 0) is 17.7 Å². The lowest BCUT2D eigenvalue weighted by Gasteiger charge is -2.03. The van der Waals surface area contributed by atoms with Crippen molar-refractivity contribution < 1.29 is 9.18 Å². The molecule has 0 atom stereocenters. The number of nitrogens with zero attached hydrogens (tertiary/aromatic N) is 1. The minimum Gasteiger partial charge on any atom is -0.356 e. The standard InChI is InChI=1S/C16H14FN3O2S2/c1-9(21)18-6-7-23-16-19-14(22)13-12(8-24-15(13)20-16)10-2-4-11(17)5-3-10/h2-5,8H,6-7H2,1H3,(H,18,21)(H,19,20,22). The molecule has 5 nitrogen and oxygen atoms in total. The number of nitrogens with one attached hydrogen (secondary N) is 2. The Kier molecular flexibility index (Phi) is 4.96. The van der Waals surface area contributed by atoms with Crippen LogP contribution in [0, 0.1) is 5.82 Å². The second kappa shape index (κ2) is 7.14. The van der Waals surface area contributed by atoms with E-state index < -0.39 is 0 Å². The summed E-state index contributed by atoms with van der Waals surface area (Å²) >= 11 is 2.75. The fraction of sp³-hybridized carbons (Fsp3) is 0.188. The molecule has 0 saturated heterocycles. The molecule has 1 amide bonds. The van der Waals surface area contributed by atoms with E-state index in [-0.39, 0.29) is 17.3 Å². The number of fused-ring (bicyclic) bond motifs is 1. The van der Waals surface area contributed by atoms with E-state index in [4.69, 9.17) is 0 Å². The van der Waals surface area contributed by atoms with Crippen molar-refractivity contribution in [2.75, 3.05) is 12.3 Å². The lowest BCUT2D eigenvalue weighted by molar-refractivity contribution is -0.118. The molecular weight excluding hydrogens is 349 g/mol. The summed E-state index contributed by atoms with van der Waals surface area (Å²) in [6.07, 6.45) is 0. The lowest BCUT2D eigenvalue weighted by atomic mass is 10.1. The minimum atomic E-state index is -0.317. The van der Waals surface area contributed by atoms with Crippen LogP contribution in [0.25, 0.3) is 21.3 Å². The van der Waals surface area contributed by atoms with Crippen LogP contribution < -0.4 is 10.9 Å². The average molecular weight is 363 g/mol. The normalized spacial score (nSPS) is 10.9. The Hall–Kier alpha value is -2.19. The van der Waals surface area contributed by atoms with Crippen molar-refractivity contribution in [2.24, 2.45) is 0 Å². The first-order valence-corrected chi connectivity index (χ1v) is 9.06. The lowest BCUT2D eigenvalue weighted by Crippen LogP contribution is -2.22. The number of carbonyl (C=O) groups is 1. The van der Waals surface area contributed by atoms with E-state index in [2.05, 4.69) is 15.3 Å². The topological polar surface area (TPSA) is 74.8 Å². The molecule has 3 rings (SSSR count). The molecule has 1 aromatic carbocycles. The fourth-order valence-electron chi connectivity index (χ4n) is 2.21. The Morgan fingerprint density at radius 1 is 1.38 bits per heavy atom. The molecular formula is C16H14FN3O2S2. The molecule has 0 unspecified atom stereocenters. The molecule has 8 heteroatoms. The predicted molar refractivity (Wildman–Crippen MR) is 95.0 cm³/mol. The summed E-state index contributed by atoms with van der Waals surface area (Å²) in [6.45, 7) is 1.96. The van der Waals surface area contributed by atoms with Gasteiger partial charge in [0.25, 0.3) is 5.56 Å². The quantitative estimate of drug-likeness (QED) is 0.415. The zero-order valence-corrected chi connectivity index (χ0v) is 14.4. The van der Waals surface area contributed by atoms with Crippen LogP contribution in [0.15, 0.2) is 39.6 Å². The van der Waals surface area contributed by atoms with Gasteiger partial charge in [-0.15, -0.1) is 11.3 Å². The number of thiophene rings is 1. The van der Waals surface area contributed by atoms with Crippen molar-refractivity contribution in [2.45, 2.75) is 12.1 Å². The van der Waals surface area contributed by atoms with Gasteiger partial charge in [-0.1, -0.05) is 23.9 Å². The molecule has 2 N–H and O–H groups in total. The number of halogens is 1. The third-order valence-corrected chi connectivity index (χ3v) is 5.04. The van der Waals surface area contributed by atoms with Crippen LogP contribution >= 0.6 is 23.1 Å². The van der Waals surface area contributed by atoms with Gasteiger partial charge >= 0.3 is 0 Å². The van der Waals surface area contributed by atoms with Crippen molar-refractivity contribution in [3.05, 3.63) is 45.8 Å². The molecule has 0 aliphatic carbocycles. The van der Waals surface area contributed by atoms with Gasteiger partial charge in [0, 0.05) is 30.2 Å². The van der Waals surface area contributed by atoms with Crippen LogP contribution in [0.1, 0.15) is 6.92 Å². The molecule has 3 aromatic rings. The van der Waals surface area contributed by atoms with Gasteiger partial charge in [-0.2, -0.15) is 0 Å². The van der Waals surface area contributed by atoms with E-state index in [0.29, 0.717) is 27.7 Å². The Morgan fingerprint density at radius 2 is 2.12 bits per heavy atom. The van der Waals surface area contributed by atoms with E-state index in [0.717, 1.165) is 11.1 Å². The summed E-state index contributed by atoms with van der Waals surface area (Å²) in [5, 5.41) is 5.57. The summed E-state index contributed by atoms with van der Waals surface area (Å²) in [5.74, 6) is 0.211. The largest absolute Gasteiger partial charge is 0.356 e. The van der Waals surface area contributed by atoms with Crippen LogP contribution in [-0.2, 0) is 4.79 Å². The SMILES string of the molecule is CC(=O)NCCSc1nc2scc(-c3ccc(F)cc3)c2c(=O)[nH]1. The van der Waals surface area contributed by atoms with Gasteiger partial charge in [0.15, 0.2) is 5.16 Å². The van der Waals surface area contributed by atoms with E-state index in [1.807, 2.05) is 5.38 Å². The highest BCUT2D eigenvalue weighted by Crippen LogP contribution is 2.31. The highest BCUT2D eigenvalue weighted by Gasteiger charge is 2.13. The summed E-state index contributed by atoms with van der Waals surface area (Å²) in [4.78, 5) is 31.1. The number of rotatable bonds is 5. The molecule has 0 spiro atoms. The maximum Gasteiger partial charge on any atom is 0.260 e. The van der Waals surface area contributed by atoms with Crippen LogP contribution in [0.2, 0.25) is 0 Å². The Labute approximate surface area is 145 Å². The molecule has 2 aromatic heterocycles. The van der Waals surface area contributed by atoms with Crippen molar-refractivity contribution in [3.63, 3.8) is 0 Å². The monoisotopic (exact) mass is 363 g/mol. The third-order valence-electron chi connectivity index (χ3n) is 3.29. The molecule has 24 heavy (non-hydrogen) atoms. The number of thioether (sulfide) groups is 1. The van der Waals surface area contributed by atoms with Crippen LogP contribution in [0.5, 0.6) is 0 Å². The van der Waals surface area contributed by atoms with E-state index in [1.165, 1.54) is 42.2 Å². The number of benzene rings is 1. The smallest absolute Gasteiger partial charge is 0.260 e. The first kappa shape index (κ1) is 16.7.